The van der Waals surface area contributed by atoms with Gasteiger partial charge in [-0.3, -0.25) is 19.2 Å². The number of ether oxygens (including phenoxy) is 2. The van der Waals surface area contributed by atoms with Gasteiger partial charge in [0.25, 0.3) is 0 Å². The molecule has 256 valence electrons. The second-order valence-electron chi connectivity index (χ2n) is 13.4. The van der Waals surface area contributed by atoms with Gasteiger partial charge in [0.15, 0.2) is 0 Å². The van der Waals surface area contributed by atoms with Crippen LogP contribution >= 0.6 is 0 Å². The summed E-state index contributed by atoms with van der Waals surface area (Å²) in [6.07, 6.45) is 12.6. The number of carbonyl (C=O) groups excluding carboxylic acids is 4. The van der Waals surface area contributed by atoms with E-state index in [1.807, 2.05) is 61.6 Å². The van der Waals surface area contributed by atoms with Gasteiger partial charge in [-0.2, -0.15) is 0 Å². The van der Waals surface area contributed by atoms with E-state index in [2.05, 4.69) is 6.92 Å². The maximum atomic E-state index is 14.6. The third kappa shape index (κ3) is 7.04. The van der Waals surface area contributed by atoms with E-state index < -0.39 is 47.7 Å². The van der Waals surface area contributed by atoms with E-state index in [4.69, 9.17) is 9.47 Å². The molecular formula is C37H51N3O7. The van der Waals surface area contributed by atoms with Crippen molar-refractivity contribution in [1.82, 2.24) is 14.7 Å². The van der Waals surface area contributed by atoms with E-state index in [-0.39, 0.29) is 30.7 Å². The van der Waals surface area contributed by atoms with Gasteiger partial charge in [-0.25, -0.2) is 0 Å². The van der Waals surface area contributed by atoms with Gasteiger partial charge in [-0.1, -0.05) is 87.2 Å². The van der Waals surface area contributed by atoms with Crippen LogP contribution in [0.15, 0.2) is 54.6 Å². The number of benzene rings is 1. The predicted octanol–water partition coefficient (Wildman–Crippen LogP) is 4.19. The lowest BCUT2D eigenvalue weighted by atomic mass is 9.74. The first-order valence-corrected chi connectivity index (χ1v) is 17.5. The minimum atomic E-state index is -1.27. The Balaban J connectivity index is 1.54. The summed E-state index contributed by atoms with van der Waals surface area (Å²) in [5.74, 6) is -2.92. The highest BCUT2D eigenvalue weighted by atomic mass is 16.6. The molecule has 47 heavy (non-hydrogen) atoms. The van der Waals surface area contributed by atoms with Crippen molar-refractivity contribution in [2.45, 2.75) is 102 Å². The highest BCUT2D eigenvalue weighted by molar-refractivity contribution is 5.99. The molecule has 4 heterocycles. The van der Waals surface area contributed by atoms with E-state index in [1.165, 1.54) is 0 Å². The normalized spacial score (nSPS) is 31.9. The third-order valence-corrected chi connectivity index (χ3v) is 10.4. The molecular weight excluding hydrogens is 598 g/mol. The number of hydrogen-bond acceptors (Lipinski definition) is 7. The van der Waals surface area contributed by atoms with Crippen molar-refractivity contribution in [3.63, 3.8) is 0 Å². The summed E-state index contributed by atoms with van der Waals surface area (Å²) in [5, 5.41) is 9.24. The molecule has 10 heteroatoms. The Bertz CT molecular complexity index is 1330. The Morgan fingerprint density at radius 1 is 0.936 bits per heavy atom. The number of esters is 1. The number of aliphatic hydroxyl groups excluding tert-OH is 1. The number of fused-ring (bicyclic) bond motifs is 2. The minimum Gasteiger partial charge on any atom is -0.455 e. The van der Waals surface area contributed by atoms with Crippen LogP contribution in [-0.4, -0.2) is 101 Å². The molecule has 0 saturated carbocycles. The van der Waals surface area contributed by atoms with Gasteiger partial charge in [0, 0.05) is 39.7 Å². The summed E-state index contributed by atoms with van der Waals surface area (Å²) < 4.78 is 12.9. The monoisotopic (exact) mass is 649 g/mol. The first-order valence-electron chi connectivity index (χ1n) is 17.5. The molecule has 2 fully saturated rings. The van der Waals surface area contributed by atoms with Crippen LogP contribution in [0.1, 0.15) is 83.3 Å². The lowest BCUT2D eigenvalue weighted by molar-refractivity contribution is -0.164. The minimum absolute atomic E-state index is 0.0756. The van der Waals surface area contributed by atoms with Crippen LogP contribution in [0.4, 0.5) is 0 Å². The number of likely N-dealkylation sites (tertiary alicyclic amines) is 1. The average molecular weight is 650 g/mol. The van der Waals surface area contributed by atoms with Crippen molar-refractivity contribution in [2.75, 3.05) is 33.3 Å². The fourth-order valence-electron chi connectivity index (χ4n) is 7.65. The van der Waals surface area contributed by atoms with Gasteiger partial charge >= 0.3 is 5.97 Å². The molecule has 5 rings (SSSR count). The molecule has 1 N–H and O–H groups in total. The summed E-state index contributed by atoms with van der Waals surface area (Å²) in [5.41, 5.74) is -0.521. The van der Waals surface area contributed by atoms with Crippen molar-refractivity contribution in [1.29, 1.82) is 0 Å². The van der Waals surface area contributed by atoms with Crippen molar-refractivity contribution in [3.8, 4) is 0 Å². The van der Waals surface area contributed by atoms with Gasteiger partial charge in [0.1, 0.15) is 23.7 Å². The van der Waals surface area contributed by atoms with Gasteiger partial charge in [0.2, 0.25) is 17.7 Å². The fraction of sp³-hybridized carbons (Fsp3) is 0.622. The lowest BCUT2D eigenvalue weighted by Crippen LogP contribution is -2.56. The molecule has 0 unspecified atom stereocenters. The van der Waals surface area contributed by atoms with Crippen LogP contribution in [0.5, 0.6) is 0 Å². The molecule has 1 spiro atoms. The maximum Gasteiger partial charge on any atom is 0.313 e. The molecule has 1 aromatic carbocycles. The molecule has 2 saturated heterocycles. The molecule has 1 aromatic rings. The summed E-state index contributed by atoms with van der Waals surface area (Å²) in [6, 6.07) is 7.98. The number of amides is 3. The van der Waals surface area contributed by atoms with E-state index in [0.29, 0.717) is 38.9 Å². The molecule has 10 nitrogen and oxygen atoms in total. The topological polar surface area (TPSA) is 117 Å². The smallest absolute Gasteiger partial charge is 0.313 e. The SMILES string of the molecule is CCCCCN1C/C=C\CCC(=O)N(C)[C@@H](C)[C@H](c2ccccc2)OC(=O)[C@@H]2[C@H]3C(=O)N(CCCCCCO)[C@H](C1=O)[C@]31C=C[C@H]2O1. The van der Waals surface area contributed by atoms with E-state index in [0.717, 1.165) is 37.7 Å². The van der Waals surface area contributed by atoms with Crippen molar-refractivity contribution >= 4 is 23.7 Å². The highest BCUT2D eigenvalue weighted by Crippen LogP contribution is 2.56. The zero-order chi connectivity index (χ0) is 33.6. The average Bonchev–Trinajstić information content (AvgIpc) is 3.72. The van der Waals surface area contributed by atoms with Crippen LogP contribution in [0.2, 0.25) is 0 Å². The van der Waals surface area contributed by atoms with Crippen LogP contribution in [0, 0.1) is 11.8 Å². The number of allylic oxidation sites excluding steroid dienone is 1. The fourth-order valence-corrected chi connectivity index (χ4v) is 7.65. The third-order valence-electron chi connectivity index (χ3n) is 10.4. The number of rotatable bonds is 11. The number of unbranched alkanes of at least 4 members (excludes halogenated alkanes) is 5. The molecule has 4 aliphatic heterocycles. The summed E-state index contributed by atoms with van der Waals surface area (Å²) >= 11 is 0. The predicted molar refractivity (Wildman–Crippen MR) is 177 cm³/mol. The first kappa shape index (κ1) is 34.8. The van der Waals surface area contributed by atoms with Crippen LogP contribution in [0.3, 0.4) is 0 Å². The number of hydrogen-bond donors (Lipinski definition) is 1. The zero-order valence-corrected chi connectivity index (χ0v) is 28.1. The molecule has 4 aliphatic rings. The first-order chi connectivity index (χ1) is 22.7. The standard InChI is InChI=1S/C37H51N3O7/c1-4-5-13-22-39-23-14-9-12-19-29(42)38(3)26(2)32(27-17-10-8-11-18-27)46-36(45)30-28-20-21-37(47-28)31(30)34(43)40(33(37)35(39)44)24-15-6-7-16-25-41/h8-11,14,17-18,20-21,26,28,30-33,41H,4-7,12-13,15-16,19,22-25H2,1-3H3/b14-9-/t26-,28+,30-,31-,32+,33+,37-/m0/s1. The summed E-state index contributed by atoms with van der Waals surface area (Å²) in [4.78, 5) is 61.7. The molecule has 7 atom stereocenters. The number of cyclic esters (lactones) is 1. The molecule has 5 bridgehead atoms. The Morgan fingerprint density at radius 3 is 2.43 bits per heavy atom. The number of aliphatic hydroxyl groups is 1. The van der Waals surface area contributed by atoms with Gasteiger partial charge in [-0.05, 0) is 38.2 Å². The molecule has 0 radical (unpaired) electrons. The molecule has 0 aromatic heterocycles. The number of nitrogens with zero attached hydrogens (tertiary/aromatic N) is 3. The lowest BCUT2D eigenvalue weighted by Gasteiger charge is -2.36. The van der Waals surface area contributed by atoms with Crippen LogP contribution < -0.4 is 0 Å². The van der Waals surface area contributed by atoms with Crippen molar-refractivity contribution in [2.24, 2.45) is 11.8 Å². The Morgan fingerprint density at radius 2 is 1.68 bits per heavy atom. The molecule has 0 aliphatic carbocycles. The zero-order valence-electron chi connectivity index (χ0n) is 28.1. The number of likely N-dealkylation sites (N-methyl/N-ethyl adjacent to an activating group) is 1. The van der Waals surface area contributed by atoms with E-state index >= 15 is 0 Å². The highest BCUT2D eigenvalue weighted by Gasteiger charge is 2.73. The van der Waals surface area contributed by atoms with Crippen molar-refractivity contribution < 1.29 is 33.8 Å². The van der Waals surface area contributed by atoms with E-state index in [1.54, 1.807) is 21.7 Å². The Hall–Kier alpha value is -3.50. The van der Waals surface area contributed by atoms with Gasteiger partial charge < -0.3 is 29.3 Å². The van der Waals surface area contributed by atoms with Crippen LogP contribution in [-0.2, 0) is 28.7 Å². The van der Waals surface area contributed by atoms with Crippen LogP contribution in [0.25, 0.3) is 0 Å². The molecule has 3 amide bonds. The summed E-state index contributed by atoms with van der Waals surface area (Å²) in [7, 11) is 1.73. The van der Waals surface area contributed by atoms with Gasteiger partial charge in [0.05, 0.1) is 18.1 Å². The summed E-state index contributed by atoms with van der Waals surface area (Å²) in [6.45, 7) is 5.34. The second-order valence-corrected chi connectivity index (χ2v) is 13.4. The quantitative estimate of drug-likeness (QED) is 0.217. The van der Waals surface area contributed by atoms with Crippen molar-refractivity contribution in [3.05, 3.63) is 60.2 Å². The Labute approximate surface area is 278 Å². The second kappa shape index (κ2) is 15.6. The largest absolute Gasteiger partial charge is 0.455 e. The number of carbonyl (C=O) groups is 4. The van der Waals surface area contributed by atoms with Gasteiger partial charge in [-0.15, -0.1) is 0 Å². The van der Waals surface area contributed by atoms with E-state index in [9.17, 15) is 24.3 Å². The maximum absolute atomic E-state index is 14.6. The Kier molecular flexibility index (Phi) is 11.6.